The number of hydrogen-bond donors (Lipinski definition) is 1. The molecule has 0 radical (unpaired) electrons. The largest absolute Gasteiger partial charge is 0.466 e. The first-order chi connectivity index (χ1) is 12.9. The van der Waals surface area contributed by atoms with Crippen LogP contribution in [0.5, 0.6) is 0 Å². The minimum Gasteiger partial charge on any atom is -0.466 e. The van der Waals surface area contributed by atoms with Crippen LogP contribution in [0.4, 0.5) is 0 Å². The van der Waals surface area contributed by atoms with Crippen molar-refractivity contribution >= 4 is 14.0 Å². The number of ether oxygens (including phenoxy) is 1. The smallest absolute Gasteiger partial charge is 0.309 e. The Morgan fingerprint density at radius 1 is 1.11 bits per heavy atom. The highest BCUT2D eigenvalue weighted by molar-refractivity contribution is 6.78. The van der Waals surface area contributed by atoms with E-state index < -0.39 is 8.07 Å². The van der Waals surface area contributed by atoms with Crippen LogP contribution in [0.1, 0.15) is 78.6 Å². The van der Waals surface area contributed by atoms with E-state index in [9.17, 15) is 4.79 Å². The normalized spacial score (nSPS) is 19.8. The summed E-state index contributed by atoms with van der Waals surface area (Å²) in [4.78, 5) is 14.6. The van der Waals surface area contributed by atoms with Gasteiger partial charge >= 0.3 is 5.97 Å². The van der Waals surface area contributed by atoms with Crippen LogP contribution in [-0.2, 0) is 9.53 Å². The number of nitrogens with zero attached hydrogens (tertiary/aromatic N) is 1. The standard InChI is InChI=1S/C22H46N2O2Si/c1-6-8-9-10-11-12-13-14-18-27(4,5)22-23-16-15-17-24(22)19-20(3)21(25)26-7-2/h20,22-23H,6-19H2,1-5H3. The van der Waals surface area contributed by atoms with Crippen LogP contribution >= 0.6 is 0 Å². The summed E-state index contributed by atoms with van der Waals surface area (Å²) in [6.45, 7) is 14.7. The molecule has 1 saturated heterocycles. The average Bonchev–Trinajstić information content (AvgIpc) is 2.64. The molecule has 1 fully saturated rings. The van der Waals surface area contributed by atoms with Gasteiger partial charge in [-0.2, -0.15) is 0 Å². The maximum Gasteiger partial charge on any atom is 0.309 e. The molecule has 1 N–H and O–H groups in total. The minimum atomic E-state index is -1.40. The highest BCUT2D eigenvalue weighted by Crippen LogP contribution is 2.24. The molecule has 1 aliphatic heterocycles. The zero-order valence-corrected chi connectivity index (χ0v) is 19.8. The minimum absolute atomic E-state index is 0.0414. The fourth-order valence-electron chi connectivity index (χ4n) is 4.31. The Kier molecular flexibility index (Phi) is 12.5. The van der Waals surface area contributed by atoms with E-state index in [1.54, 1.807) is 0 Å². The summed E-state index contributed by atoms with van der Waals surface area (Å²) >= 11 is 0. The lowest BCUT2D eigenvalue weighted by atomic mass is 10.1. The van der Waals surface area contributed by atoms with Crippen LogP contribution in [0.3, 0.4) is 0 Å². The van der Waals surface area contributed by atoms with Gasteiger partial charge in [-0.25, -0.2) is 0 Å². The molecule has 5 heteroatoms. The van der Waals surface area contributed by atoms with Crippen LogP contribution < -0.4 is 5.32 Å². The summed E-state index contributed by atoms with van der Waals surface area (Å²) in [6.07, 6.45) is 12.3. The zero-order chi connectivity index (χ0) is 20.1. The summed E-state index contributed by atoms with van der Waals surface area (Å²) in [6, 6.07) is 1.38. The molecule has 0 saturated carbocycles. The Morgan fingerprint density at radius 2 is 1.74 bits per heavy atom. The molecule has 1 heterocycles. The molecule has 2 atom stereocenters. The van der Waals surface area contributed by atoms with Crippen molar-refractivity contribution in [2.45, 2.75) is 103 Å². The van der Waals surface area contributed by atoms with Gasteiger partial charge in [-0.1, -0.05) is 84.4 Å². The van der Waals surface area contributed by atoms with E-state index >= 15 is 0 Å². The zero-order valence-electron chi connectivity index (χ0n) is 18.8. The Labute approximate surface area is 169 Å². The predicted octanol–water partition coefficient (Wildman–Crippen LogP) is 5.20. The number of esters is 1. The topological polar surface area (TPSA) is 41.6 Å². The summed E-state index contributed by atoms with van der Waals surface area (Å²) < 4.78 is 5.22. The molecule has 0 aromatic carbocycles. The molecule has 0 aliphatic carbocycles. The molecule has 0 aromatic rings. The number of carbonyl (C=O) groups is 1. The quantitative estimate of drug-likeness (QED) is 0.248. The lowest BCUT2D eigenvalue weighted by Gasteiger charge is -2.45. The third-order valence-electron chi connectivity index (χ3n) is 5.94. The second-order valence-electron chi connectivity index (χ2n) is 9.07. The van der Waals surface area contributed by atoms with Crippen molar-refractivity contribution in [2.75, 3.05) is 26.2 Å². The number of unbranched alkanes of at least 4 members (excludes halogenated alkanes) is 7. The van der Waals surface area contributed by atoms with Crippen molar-refractivity contribution in [3.05, 3.63) is 0 Å². The van der Waals surface area contributed by atoms with Gasteiger partial charge in [-0.15, -0.1) is 0 Å². The fourth-order valence-corrected chi connectivity index (χ4v) is 7.66. The molecule has 0 spiro atoms. The number of nitrogens with one attached hydrogen (secondary N) is 1. The Balaban J connectivity index is 2.41. The van der Waals surface area contributed by atoms with Crippen molar-refractivity contribution in [3.63, 3.8) is 0 Å². The van der Waals surface area contributed by atoms with Crippen LogP contribution in [0.25, 0.3) is 0 Å². The molecular weight excluding hydrogens is 352 g/mol. The van der Waals surface area contributed by atoms with Gasteiger partial charge in [0.05, 0.1) is 20.6 Å². The van der Waals surface area contributed by atoms with E-state index in [0.717, 1.165) is 19.6 Å². The number of carbonyl (C=O) groups excluding carboxylic acids is 1. The molecule has 0 aromatic heterocycles. The van der Waals surface area contributed by atoms with E-state index in [4.69, 9.17) is 4.74 Å². The fraction of sp³-hybridized carbons (Fsp3) is 0.955. The maximum absolute atomic E-state index is 12.1. The van der Waals surface area contributed by atoms with Gasteiger partial charge in [-0.3, -0.25) is 9.69 Å². The van der Waals surface area contributed by atoms with E-state index in [1.807, 2.05) is 13.8 Å². The van der Waals surface area contributed by atoms with Gasteiger partial charge in [0.25, 0.3) is 0 Å². The highest BCUT2D eigenvalue weighted by atomic mass is 28.3. The second kappa shape index (κ2) is 13.7. The summed E-state index contributed by atoms with van der Waals surface area (Å²) in [5.41, 5.74) is 0. The van der Waals surface area contributed by atoms with Crippen molar-refractivity contribution in [3.8, 4) is 0 Å². The highest BCUT2D eigenvalue weighted by Gasteiger charge is 2.38. The van der Waals surface area contributed by atoms with Crippen molar-refractivity contribution in [1.82, 2.24) is 10.2 Å². The lowest BCUT2D eigenvalue weighted by Crippen LogP contribution is -2.64. The molecule has 1 aliphatic rings. The third-order valence-corrected chi connectivity index (χ3v) is 9.63. The van der Waals surface area contributed by atoms with Crippen molar-refractivity contribution in [2.24, 2.45) is 5.92 Å². The van der Waals surface area contributed by atoms with Gasteiger partial charge in [0, 0.05) is 18.9 Å². The van der Waals surface area contributed by atoms with E-state index in [1.165, 1.54) is 63.8 Å². The van der Waals surface area contributed by atoms with Gasteiger partial charge in [0.1, 0.15) is 0 Å². The first kappa shape index (κ1) is 24.6. The number of rotatable bonds is 14. The van der Waals surface area contributed by atoms with E-state index in [0.29, 0.717) is 12.4 Å². The van der Waals surface area contributed by atoms with Gasteiger partial charge in [0.2, 0.25) is 0 Å². The predicted molar refractivity (Wildman–Crippen MR) is 119 cm³/mol. The first-order valence-corrected chi connectivity index (χ1v) is 14.8. The van der Waals surface area contributed by atoms with Gasteiger partial charge in [0.15, 0.2) is 0 Å². The first-order valence-electron chi connectivity index (χ1n) is 11.6. The number of hydrogen-bond acceptors (Lipinski definition) is 4. The van der Waals surface area contributed by atoms with Crippen LogP contribution in [0.2, 0.25) is 19.1 Å². The van der Waals surface area contributed by atoms with E-state index in [2.05, 4.69) is 30.2 Å². The van der Waals surface area contributed by atoms with Crippen LogP contribution in [-0.4, -0.2) is 51.0 Å². The Hall–Kier alpha value is -0.393. The Bertz CT molecular complexity index is 404. The molecule has 27 heavy (non-hydrogen) atoms. The van der Waals surface area contributed by atoms with Gasteiger partial charge in [-0.05, 0) is 19.9 Å². The monoisotopic (exact) mass is 398 g/mol. The average molecular weight is 399 g/mol. The molecular formula is C22H46N2O2Si. The second-order valence-corrected chi connectivity index (χ2v) is 14.1. The summed E-state index contributed by atoms with van der Waals surface area (Å²) in [7, 11) is -1.40. The molecule has 4 nitrogen and oxygen atoms in total. The molecule has 0 amide bonds. The molecule has 160 valence electrons. The van der Waals surface area contributed by atoms with E-state index in [-0.39, 0.29) is 11.9 Å². The lowest BCUT2D eigenvalue weighted by molar-refractivity contribution is -0.148. The summed E-state index contributed by atoms with van der Waals surface area (Å²) in [5.74, 6) is 0.400. The Morgan fingerprint density at radius 3 is 2.37 bits per heavy atom. The summed E-state index contributed by atoms with van der Waals surface area (Å²) in [5, 5.41) is 3.80. The van der Waals surface area contributed by atoms with Gasteiger partial charge < -0.3 is 10.1 Å². The maximum atomic E-state index is 12.1. The molecule has 2 unspecified atom stereocenters. The third kappa shape index (κ3) is 9.57. The van der Waals surface area contributed by atoms with Crippen molar-refractivity contribution < 1.29 is 9.53 Å². The SMILES string of the molecule is CCCCCCCCCC[Si](C)(C)C1NCCCN1CC(C)C(=O)OCC. The van der Waals surface area contributed by atoms with Crippen LogP contribution in [0, 0.1) is 5.92 Å². The molecule has 1 rings (SSSR count). The van der Waals surface area contributed by atoms with Crippen molar-refractivity contribution in [1.29, 1.82) is 0 Å². The molecule has 0 bridgehead atoms. The van der Waals surface area contributed by atoms with Crippen LogP contribution in [0.15, 0.2) is 0 Å².